The molecule has 0 radical (unpaired) electrons. The van der Waals surface area contributed by atoms with Gasteiger partial charge in [-0.25, -0.2) is 0 Å². The molecule has 0 aliphatic rings. The predicted molar refractivity (Wildman–Crippen MR) is 86.5 cm³/mol. The van der Waals surface area contributed by atoms with Gasteiger partial charge < -0.3 is 10.1 Å². The van der Waals surface area contributed by atoms with E-state index in [0.717, 1.165) is 5.75 Å². The van der Waals surface area contributed by atoms with Crippen molar-refractivity contribution in [1.82, 2.24) is 5.32 Å². The Morgan fingerprint density at radius 2 is 1.95 bits per heavy atom. The zero-order valence-electron chi connectivity index (χ0n) is 12.4. The van der Waals surface area contributed by atoms with Crippen molar-refractivity contribution in [2.24, 2.45) is 0 Å². The smallest absolute Gasteiger partial charge is 0.118 e. The highest BCUT2D eigenvalue weighted by atomic mass is 32.1. The Hall–Kier alpha value is -1.32. The number of methoxy groups -OCH3 is 1. The lowest BCUT2D eigenvalue weighted by atomic mass is 10.0. The quantitative estimate of drug-likeness (QED) is 0.778. The molecule has 20 heavy (non-hydrogen) atoms. The lowest BCUT2D eigenvalue weighted by Gasteiger charge is -2.22. The molecule has 0 bridgehead atoms. The summed E-state index contributed by atoms with van der Waals surface area (Å²) in [6.45, 7) is 4.46. The van der Waals surface area contributed by atoms with Crippen molar-refractivity contribution in [3.63, 3.8) is 0 Å². The largest absolute Gasteiger partial charge is 0.497 e. The molecule has 0 aliphatic carbocycles. The van der Waals surface area contributed by atoms with Crippen LogP contribution in [-0.2, 0) is 0 Å². The number of thiophene rings is 1. The van der Waals surface area contributed by atoms with E-state index >= 15 is 0 Å². The number of ether oxygens (including phenoxy) is 1. The predicted octanol–water partition coefficient (Wildman–Crippen LogP) is 4.95. The Labute approximate surface area is 125 Å². The molecule has 2 nitrogen and oxygen atoms in total. The topological polar surface area (TPSA) is 21.3 Å². The monoisotopic (exact) mass is 289 g/mol. The molecule has 108 valence electrons. The average molecular weight is 289 g/mol. The summed E-state index contributed by atoms with van der Waals surface area (Å²) in [5, 5.41) is 5.89. The molecule has 2 aromatic rings. The number of hydrogen-bond donors (Lipinski definition) is 1. The van der Waals surface area contributed by atoms with E-state index in [0.29, 0.717) is 12.1 Å². The first-order valence-electron chi connectivity index (χ1n) is 7.18. The standard InChI is InChI=1S/C17H23NOS/c1-4-6-16(17-7-5-12-20-17)18-13(2)14-8-10-15(19-3)11-9-14/h5,7-13,16,18H,4,6H2,1-3H3. The SMILES string of the molecule is CCCC(NC(C)c1ccc(OC)cc1)c1cccs1. The molecule has 1 heterocycles. The van der Waals surface area contributed by atoms with Gasteiger partial charge >= 0.3 is 0 Å². The van der Waals surface area contributed by atoms with Gasteiger partial charge in [0.15, 0.2) is 0 Å². The molecule has 2 atom stereocenters. The van der Waals surface area contributed by atoms with Crippen LogP contribution in [0.3, 0.4) is 0 Å². The van der Waals surface area contributed by atoms with Gasteiger partial charge in [0.1, 0.15) is 5.75 Å². The van der Waals surface area contributed by atoms with Crippen molar-refractivity contribution in [2.45, 2.75) is 38.8 Å². The number of hydrogen-bond acceptors (Lipinski definition) is 3. The normalized spacial score (nSPS) is 13.9. The highest BCUT2D eigenvalue weighted by molar-refractivity contribution is 7.10. The molecule has 3 heteroatoms. The van der Waals surface area contributed by atoms with Crippen LogP contribution >= 0.6 is 11.3 Å². The summed E-state index contributed by atoms with van der Waals surface area (Å²) in [5.74, 6) is 0.907. The van der Waals surface area contributed by atoms with Crippen molar-refractivity contribution >= 4 is 11.3 Å². The minimum atomic E-state index is 0.333. The number of benzene rings is 1. The van der Waals surface area contributed by atoms with Gasteiger partial charge in [0.05, 0.1) is 7.11 Å². The molecule has 0 fully saturated rings. The minimum absolute atomic E-state index is 0.333. The first-order valence-corrected chi connectivity index (χ1v) is 8.06. The lowest BCUT2D eigenvalue weighted by Crippen LogP contribution is -2.24. The van der Waals surface area contributed by atoms with E-state index in [1.807, 2.05) is 23.5 Å². The van der Waals surface area contributed by atoms with Crippen LogP contribution in [0.4, 0.5) is 0 Å². The Bertz CT molecular complexity index is 492. The fourth-order valence-electron chi connectivity index (χ4n) is 2.38. The zero-order valence-corrected chi connectivity index (χ0v) is 13.2. The van der Waals surface area contributed by atoms with Crippen molar-refractivity contribution in [1.29, 1.82) is 0 Å². The zero-order chi connectivity index (χ0) is 14.4. The third-order valence-corrected chi connectivity index (χ3v) is 4.52. The molecule has 0 saturated carbocycles. The summed E-state index contributed by atoms with van der Waals surface area (Å²) in [6.07, 6.45) is 2.35. The highest BCUT2D eigenvalue weighted by Crippen LogP contribution is 2.27. The Balaban J connectivity index is 2.05. The van der Waals surface area contributed by atoms with Crippen LogP contribution in [0, 0.1) is 0 Å². The van der Waals surface area contributed by atoms with E-state index in [9.17, 15) is 0 Å². The maximum atomic E-state index is 5.21. The molecule has 1 aromatic carbocycles. The van der Waals surface area contributed by atoms with E-state index in [4.69, 9.17) is 4.74 Å². The molecule has 0 spiro atoms. The van der Waals surface area contributed by atoms with E-state index in [1.165, 1.54) is 23.3 Å². The van der Waals surface area contributed by atoms with Gasteiger partial charge in [0, 0.05) is 17.0 Å². The van der Waals surface area contributed by atoms with Crippen LogP contribution in [0.25, 0.3) is 0 Å². The van der Waals surface area contributed by atoms with Crippen molar-refractivity contribution in [2.75, 3.05) is 7.11 Å². The van der Waals surface area contributed by atoms with Crippen LogP contribution in [0.2, 0.25) is 0 Å². The number of rotatable bonds is 7. The average Bonchev–Trinajstić information content (AvgIpc) is 3.01. The second-order valence-electron chi connectivity index (χ2n) is 5.02. The molecular weight excluding hydrogens is 266 g/mol. The van der Waals surface area contributed by atoms with E-state index in [-0.39, 0.29) is 0 Å². The fraction of sp³-hybridized carbons (Fsp3) is 0.412. The van der Waals surface area contributed by atoms with Gasteiger partial charge in [-0.3, -0.25) is 0 Å². The Morgan fingerprint density at radius 1 is 1.20 bits per heavy atom. The second-order valence-corrected chi connectivity index (χ2v) is 6.00. The van der Waals surface area contributed by atoms with Crippen LogP contribution in [-0.4, -0.2) is 7.11 Å². The Morgan fingerprint density at radius 3 is 2.50 bits per heavy atom. The van der Waals surface area contributed by atoms with E-state index in [1.54, 1.807) is 7.11 Å². The molecule has 0 saturated heterocycles. The summed E-state index contributed by atoms with van der Waals surface area (Å²) in [4.78, 5) is 1.42. The van der Waals surface area contributed by atoms with Gasteiger partial charge in [0.2, 0.25) is 0 Å². The second kappa shape index (κ2) is 7.46. The van der Waals surface area contributed by atoms with Crippen molar-refractivity contribution in [3.8, 4) is 5.75 Å². The van der Waals surface area contributed by atoms with Gasteiger partial charge in [-0.1, -0.05) is 31.5 Å². The summed E-state index contributed by atoms with van der Waals surface area (Å²) in [5.41, 5.74) is 1.29. The molecule has 0 aliphatic heterocycles. The maximum Gasteiger partial charge on any atom is 0.118 e. The minimum Gasteiger partial charge on any atom is -0.497 e. The van der Waals surface area contributed by atoms with Gasteiger partial charge in [0.25, 0.3) is 0 Å². The molecular formula is C17H23NOS. The lowest BCUT2D eigenvalue weighted by molar-refractivity contribution is 0.413. The summed E-state index contributed by atoms with van der Waals surface area (Å²) in [6, 6.07) is 13.4. The van der Waals surface area contributed by atoms with Gasteiger partial charge in [-0.15, -0.1) is 11.3 Å². The van der Waals surface area contributed by atoms with Gasteiger partial charge in [-0.2, -0.15) is 0 Å². The first-order chi connectivity index (χ1) is 9.74. The molecule has 1 aromatic heterocycles. The summed E-state index contributed by atoms with van der Waals surface area (Å²) in [7, 11) is 1.70. The molecule has 1 N–H and O–H groups in total. The maximum absolute atomic E-state index is 5.21. The highest BCUT2D eigenvalue weighted by Gasteiger charge is 2.15. The number of nitrogens with one attached hydrogen (secondary N) is 1. The van der Waals surface area contributed by atoms with Crippen molar-refractivity contribution < 1.29 is 4.74 Å². The molecule has 0 amide bonds. The molecule has 2 unspecified atom stereocenters. The third kappa shape index (κ3) is 3.84. The van der Waals surface area contributed by atoms with Crippen LogP contribution in [0.5, 0.6) is 5.75 Å². The van der Waals surface area contributed by atoms with Crippen molar-refractivity contribution in [3.05, 3.63) is 52.2 Å². The van der Waals surface area contributed by atoms with E-state index < -0.39 is 0 Å². The Kier molecular flexibility index (Phi) is 5.62. The fourth-order valence-corrected chi connectivity index (χ4v) is 3.20. The summed E-state index contributed by atoms with van der Waals surface area (Å²) >= 11 is 1.83. The third-order valence-electron chi connectivity index (χ3n) is 3.53. The van der Waals surface area contributed by atoms with Crippen LogP contribution in [0.1, 0.15) is 49.2 Å². The van der Waals surface area contributed by atoms with E-state index in [2.05, 4.69) is 48.8 Å². The van der Waals surface area contributed by atoms with Crippen LogP contribution < -0.4 is 10.1 Å². The first kappa shape index (κ1) is 15.1. The van der Waals surface area contributed by atoms with Crippen LogP contribution in [0.15, 0.2) is 41.8 Å². The summed E-state index contributed by atoms with van der Waals surface area (Å²) < 4.78 is 5.21. The molecule has 2 rings (SSSR count). The van der Waals surface area contributed by atoms with Gasteiger partial charge in [-0.05, 0) is 42.5 Å².